The number of hydrogen-bond acceptors (Lipinski definition) is 3. The number of unbranched alkanes of at least 4 members (excludes halogenated alkanes) is 1. The highest BCUT2D eigenvalue weighted by Crippen LogP contribution is 2.15. The molecule has 0 aliphatic heterocycles. The van der Waals surface area contributed by atoms with E-state index in [1.165, 1.54) is 11.8 Å². The lowest BCUT2D eigenvalue weighted by molar-refractivity contribution is 0.104. The highest BCUT2D eigenvalue weighted by molar-refractivity contribution is 8.02. The molecular formula is C14H18O2S. The van der Waals surface area contributed by atoms with E-state index in [4.69, 9.17) is 4.74 Å². The summed E-state index contributed by atoms with van der Waals surface area (Å²) in [6.07, 6.45) is 5.58. The summed E-state index contributed by atoms with van der Waals surface area (Å²) >= 11 is 1.46. The van der Waals surface area contributed by atoms with Crippen molar-refractivity contribution in [2.45, 2.75) is 19.8 Å². The van der Waals surface area contributed by atoms with Crippen LogP contribution in [0.3, 0.4) is 0 Å². The lowest BCUT2D eigenvalue weighted by Crippen LogP contribution is -1.98. The van der Waals surface area contributed by atoms with E-state index >= 15 is 0 Å². The van der Waals surface area contributed by atoms with Crippen LogP contribution in [0, 0.1) is 0 Å². The number of rotatable bonds is 7. The van der Waals surface area contributed by atoms with E-state index in [0.29, 0.717) is 17.3 Å². The van der Waals surface area contributed by atoms with E-state index in [9.17, 15) is 4.79 Å². The zero-order valence-corrected chi connectivity index (χ0v) is 11.1. The Hall–Kier alpha value is -1.22. The summed E-state index contributed by atoms with van der Waals surface area (Å²) in [5.74, 6) is -0.00792. The van der Waals surface area contributed by atoms with Crippen molar-refractivity contribution in [1.82, 2.24) is 0 Å². The largest absolute Gasteiger partial charge is 0.487 e. The van der Waals surface area contributed by atoms with Crippen molar-refractivity contribution in [3.05, 3.63) is 47.1 Å². The molecule has 92 valence electrons. The van der Waals surface area contributed by atoms with Gasteiger partial charge in [0.1, 0.15) is 0 Å². The van der Waals surface area contributed by atoms with E-state index in [-0.39, 0.29) is 5.78 Å². The van der Waals surface area contributed by atoms with Gasteiger partial charge in [-0.2, -0.15) is 0 Å². The third-order valence-electron chi connectivity index (χ3n) is 2.25. The fourth-order valence-corrected chi connectivity index (χ4v) is 1.70. The third kappa shape index (κ3) is 5.09. The maximum absolute atomic E-state index is 11.9. The van der Waals surface area contributed by atoms with Crippen molar-refractivity contribution in [2.24, 2.45) is 0 Å². The van der Waals surface area contributed by atoms with Crippen molar-refractivity contribution in [1.29, 1.82) is 0 Å². The molecule has 0 heterocycles. The van der Waals surface area contributed by atoms with Crippen LogP contribution in [-0.4, -0.2) is 18.6 Å². The summed E-state index contributed by atoms with van der Waals surface area (Å²) in [4.78, 5) is 11.9. The smallest absolute Gasteiger partial charge is 0.190 e. The number of benzene rings is 1. The van der Waals surface area contributed by atoms with Gasteiger partial charge >= 0.3 is 0 Å². The molecule has 0 spiro atoms. The number of thioether (sulfide) groups is 1. The van der Waals surface area contributed by atoms with Gasteiger partial charge in [-0.3, -0.25) is 4.79 Å². The maximum Gasteiger partial charge on any atom is 0.190 e. The van der Waals surface area contributed by atoms with Crippen molar-refractivity contribution in [3.8, 4) is 0 Å². The lowest BCUT2D eigenvalue weighted by atomic mass is 10.1. The van der Waals surface area contributed by atoms with Crippen LogP contribution in [0.4, 0.5) is 0 Å². The molecule has 1 rings (SSSR count). The summed E-state index contributed by atoms with van der Waals surface area (Å²) in [7, 11) is 0. The second-order valence-corrected chi connectivity index (χ2v) is 4.41. The summed E-state index contributed by atoms with van der Waals surface area (Å²) < 4.78 is 5.53. The predicted molar refractivity (Wildman–Crippen MR) is 73.2 cm³/mol. The summed E-state index contributed by atoms with van der Waals surface area (Å²) in [6.45, 7) is 2.78. The standard InChI is InChI=1S/C14H18O2S/c1-3-4-10-16-14(17-2)11-13(15)12-8-6-5-7-9-12/h5-9,11H,3-4,10H2,1-2H3/b14-11-. The van der Waals surface area contributed by atoms with Gasteiger partial charge in [-0.25, -0.2) is 0 Å². The number of carbonyl (C=O) groups excluding carboxylic acids is 1. The van der Waals surface area contributed by atoms with E-state index in [2.05, 4.69) is 6.92 Å². The quantitative estimate of drug-likeness (QED) is 0.318. The minimum absolute atomic E-state index is 0.00792. The Balaban J connectivity index is 2.62. The fraction of sp³-hybridized carbons (Fsp3) is 0.357. The fourth-order valence-electron chi connectivity index (χ4n) is 1.27. The summed E-state index contributed by atoms with van der Waals surface area (Å²) in [5.41, 5.74) is 0.693. The molecule has 0 radical (unpaired) electrons. The van der Waals surface area contributed by atoms with Crippen LogP contribution in [0.25, 0.3) is 0 Å². The van der Waals surface area contributed by atoms with Gasteiger partial charge < -0.3 is 4.74 Å². The highest BCUT2D eigenvalue weighted by atomic mass is 32.2. The molecule has 0 unspecified atom stereocenters. The third-order valence-corrected chi connectivity index (χ3v) is 2.89. The molecule has 0 aromatic heterocycles. The van der Waals surface area contributed by atoms with Crippen LogP contribution < -0.4 is 0 Å². The van der Waals surface area contributed by atoms with E-state index in [0.717, 1.165) is 12.8 Å². The molecule has 0 saturated carbocycles. The molecule has 0 saturated heterocycles. The van der Waals surface area contributed by atoms with Crippen LogP contribution >= 0.6 is 11.8 Å². The molecule has 1 aromatic rings. The zero-order valence-electron chi connectivity index (χ0n) is 10.3. The van der Waals surface area contributed by atoms with Gasteiger partial charge in [0.2, 0.25) is 0 Å². The maximum atomic E-state index is 11.9. The Morgan fingerprint density at radius 1 is 1.35 bits per heavy atom. The molecule has 0 bridgehead atoms. The first-order valence-corrected chi connectivity index (χ1v) is 6.98. The Bertz CT molecular complexity index is 371. The van der Waals surface area contributed by atoms with Gasteiger partial charge in [0.25, 0.3) is 0 Å². The molecule has 0 fully saturated rings. The average molecular weight is 250 g/mol. The van der Waals surface area contributed by atoms with Gasteiger partial charge in [0.15, 0.2) is 10.9 Å². The molecule has 2 nitrogen and oxygen atoms in total. The monoisotopic (exact) mass is 250 g/mol. The number of ketones is 1. The molecule has 0 aliphatic rings. The number of hydrogen-bond donors (Lipinski definition) is 0. The normalized spacial score (nSPS) is 11.3. The molecule has 0 aliphatic carbocycles. The van der Waals surface area contributed by atoms with Crippen LogP contribution in [0.1, 0.15) is 30.1 Å². The molecule has 0 atom stereocenters. The van der Waals surface area contributed by atoms with Crippen LogP contribution in [0.2, 0.25) is 0 Å². The zero-order chi connectivity index (χ0) is 12.5. The number of carbonyl (C=O) groups is 1. The molecule has 0 amide bonds. The number of allylic oxidation sites excluding steroid dienone is 1. The van der Waals surface area contributed by atoms with Crippen LogP contribution in [0.15, 0.2) is 41.5 Å². The molecule has 1 aromatic carbocycles. The molecular weight excluding hydrogens is 232 g/mol. The first-order valence-electron chi connectivity index (χ1n) is 5.75. The van der Waals surface area contributed by atoms with Crippen LogP contribution in [0.5, 0.6) is 0 Å². The van der Waals surface area contributed by atoms with Crippen molar-refractivity contribution >= 4 is 17.5 Å². The minimum Gasteiger partial charge on any atom is -0.487 e. The Labute approximate surface area is 107 Å². The highest BCUT2D eigenvalue weighted by Gasteiger charge is 2.04. The molecule has 3 heteroatoms. The second kappa shape index (κ2) is 7.96. The van der Waals surface area contributed by atoms with Crippen molar-refractivity contribution in [3.63, 3.8) is 0 Å². The van der Waals surface area contributed by atoms with Gasteiger partial charge in [0.05, 0.1) is 6.61 Å². The number of ether oxygens (including phenoxy) is 1. The first kappa shape index (κ1) is 13.8. The molecule has 17 heavy (non-hydrogen) atoms. The Morgan fingerprint density at radius 3 is 2.65 bits per heavy atom. The average Bonchev–Trinajstić information content (AvgIpc) is 2.38. The van der Waals surface area contributed by atoms with Gasteiger partial charge in [-0.15, -0.1) is 0 Å². The van der Waals surface area contributed by atoms with E-state index in [1.807, 2.05) is 36.6 Å². The first-order chi connectivity index (χ1) is 8.27. The summed E-state index contributed by atoms with van der Waals surface area (Å²) in [6, 6.07) is 9.23. The van der Waals surface area contributed by atoms with E-state index < -0.39 is 0 Å². The van der Waals surface area contributed by atoms with E-state index in [1.54, 1.807) is 6.08 Å². The summed E-state index contributed by atoms with van der Waals surface area (Å²) in [5, 5.41) is 0.687. The topological polar surface area (TPSA) is 26.3 Å². The predicted octanol–water partition coefficient (Wildman–Crippen LogP) is 3.89. The lowest BCUT2D eigenvalue weighted by Gasteiger charge is -2.06. The SMILES string of the molecule is CCCCO/C(=C/C(=O)c1ccccc1)SC. The van der Waals surface area contributed by atoms with Gasteiger partial charge in [-0.1, -0.05) is 55.4 Å². The molecule has 0 N–H and O–H groups in total. The van der Waals surface area contributed by atoms with Gasteiger partial charge in [-0.05, 0) is 12.7 Å². The van der Waals surface area contributed by atoms with Crippen molar-refractivity contribution < 1.29 is 9.53 Å². The second-order valence-electron chi connectivity index (χ2n) is 3.60. The van der Waals surface area contributed by atoms with Gasteiger partial charge in [0, 0.05) is 11.6 Å². The minimum atomic E-state index is -0.00792. The van der Waals surface area contributed by atoms with Crippen molar-refractivity contribution in [2.75, 3.05) is 12.9 Å². The Morgan fingerprint density at radius 2 is 2.06 bits per heavy atom. The van der Waals surface area contributed by atoms with Crippen LogP contribution in [-0.2, 0) is 4.74 Å². The Kier molecular flexibility index (Phi) is 6.48.